The molecule has 0 aliphatic rings. The van der Waals surface area contributed by atoms with Crippen LogP contribution in [-0.4, -0.2) is 58.0 Å². The van der Waals surface area contributed by atoms with Crippen molar-refractivity contribution in [3.8, 4) is 17.2 Å². The molecule has 31 heavy (non-hydrogen) atoms. The molecule has 8 heteroatoms. The molecule has 1 heterocycles. The van der Waals surface area contributed by atoms with E-state index in [4.69, 9.17) is 23.7 Å². The predicted octanol–water partition coefficient (Wildman–Crippen LogP) is 3.14. The number of hydrogen-bond donors (Lipinski definition) is 0. The van der Waals surface area contributed by atoms with Crippen molar-refractivity contribution in [2.75, 3.05) is 41.7 Å². The Kier molecular flexibility index (Phi) is 8.93. The Morgan fingerprint density at radius 2 is 1.58 bits per heavy atom. The molecule has 0 radical (unpaired) electrons. The van der Waals surface area contributed by atoms with E-state index in [9.17, 15) is 9.59 Å². The largest absolute Gasteiger partial charge is 0.493 e. The van der Waals surface area contributed by atoms with Gasteiger partial charge in [-0.25, -0.2) is 0 Å². The molecule has 0 aliphatic heterocycles. The van der Waals surface area contributed by atoms with Crippen molar-refractivity contribution in [3.63, 3.8) is 0 Å². The highest BCUT2D eigenvalue weighted by Crippen LogP contribution is 2.38. The highest BCUT2D eigenvalue weighted by Gasteiger charge is 2.18. The van der Waals surface area contributed by atoms with Gasteiger partial charge in [0.15, 0.2) is 18.1 Å². The van der Waals surface area contributed by atoms with Crippen molar-refractivity contribution in [1.29, 1.82) is 0 Å². The van der Waals surface area contributed by atoms with Crippen LogP contribution in [-0.2, 0) is 27.2 Å². The van der Waals surface area contributed by atoms with Crippen molar-refractivity contribution in [1.82, 2.24) is 4.57 Å². The van der Waals surface area contributed by atoms with Gasteiger partial charge >= 0.3 is 5.97 Å². The minimum atomic E-state index is -0.449. The Labute approximate surface area is 183 Å². The molecule has 0 saturated carbocycles. The molecule has 2 aromatic rings. The number of methoxy groups -OCH3 is 4. The number of aromatic nitrogens is 1. The van der Waals surface area contributed by atoms with Crippen LogP contribution in [0.4, 0.5) is 0 Å². The number of Topliss-reactive ketones (excluding diaryl/α,β-unsaturated/α-hetero) is 1. The summed E-state index contributed by atoms with van der Waals surface area (Å²) in [5.41, 5.74) is 3.20. The summed E-state index contributed by atoms with van der Waals surface area (Å²) in [6.45, 7) is 4.74. The monoisotopic (exact) mass is 433 g/mol. The number of benzene rings is 1. The summed E-state index contributed by atoms with van der Waals surface area (Å²) in [6.07, 6.45) is 0.536. The zero-order chi connectivity index (χ0) is 23.0. The minimum Gasteiger partial charge on any atom is -0.493 e. The van der Waals surface area contributed by atoms with Gasteiger partial charge in [-0.05, 0) is 44.0 Å². The average molecular weight is 434 g/mol. The standard InChI is InChI=1S/C23H31NO7/c1-15-11-18(16(2)24(15)9-10-27-3)19(25)14-31-22(26)8-7-17-12-20(28-4)23(30-6)21(13-17)29-5/h11-13H,7-10,14H2,1-6H3. The Morgan fingerprint density at radius 1 is 0.935 bits per heavy atom. The number of aryl methyl sites for hydroxylation is 2. The first-order chi connectivity index (χ1) is 14.9. The molecule has 1 aromatic carbocycles. The molecule has 0 saturated heterocycles. The lowest BCUT2D eigenvalue weighted by Crippen LogP contribution is -2.15. The number of nitrogens with zero attached hydrogens (tertiary/aromatic N) is 1. The highest BCUT2D eigenvalue weighted by molar-refractivity contribution is 5.99. The van der Waals surface area contributed by atoms with Gasteiger partial charge in [-0.2, -0.15) is 0 Å². The molecular formula is C23H31NO7. The van der Waals surface area contributed by atoms with Crippen molar-refractivity contribution < 1.29 is 33.3 Å². The second-order valence-corrected chi connectivity index (χ2v) is 7.05. The van der Waals surface area contributed by atoms with Crippen LogP contribution in [0, 0.1) is 13.8 Å². The SMILES string of the molecule is COCCn1c(C)cc(C(=O)COC(=O)CCc2cc(OC)c(OC)c(OC)c2)c1C. The molecule has 8 nitrogen and oxygen atoms in total. The third kappa shape index (κ3) is 6.01. The third-order valence-electron chi connectivity index (χ3n) is 5.10. The number of esters is 1. The van der Waals surface area contributed by atoms with E-state index in [1.54, 1.807) is 19.2 Å². The summed E-state index contributed by atoms with van der Waals surface area (Å²) < 4.78 is 28.3. The van der Waals surface area contributed by atoms with E-state index in [-0.39, 0.29) is 18.8 Å². The fourth-order valence-corrected chi connectivity index (χ4v) is 3.43. The van der Waals surface area contributed by atoms with Gasteiger partial charge in [0.1, 0.15) is 0 Å². The van der Waals surface area contributed by atoms with Crippen LogP contribution in [0.3, 0.4) is 0 Å². The average Bonchev–Trinajstić information content (AvgIpc) is 3.06. The molecule has 2 rings (SSSR count). The van der Waals surface area contributed by atoms with Crippen LogP contribution in [0.5, 0.6) is 17.2 Å². The first-order valence-corrected chi connectivity index (χ1v) is 9.99. The fourth-order valence-electron chi connectivity index (χ4n) is 3.43. The van der Waals surface area contributed by atoms with E-state index in [0.717, 1.165) is 17.0 Å². The van der Waals surface area contributed by atoms with E-state index in [0.29, 0.717) is 42.4 Å². The van der Waals surface area contributed by atoms with E-state index < -0.39 is 5.97 Å². The van der Waals surface area contributed by atoms with Crippen LogP contribution in [0.1, 0.15) is 33.7 Å². The summed E-state index contributed by atoms with van der Waals surface area (Å²) in [5, 5.41) is 0. The lowest BCUT2D eigenvalue weighted by molar-refractivity contribution is -0.142. The molecule has 0 fully saturated rings. The molecule has 1 aromatic heterocycles. The molecule has 170 valence electrons. The number of ketones is 1. The highest BCUT2D eigenvalue weighted by atomic mass is 16.5. The maximum Gasteiger partial charge on any atom is 0.306 e. The Morgan fingerprint density at radius 3 is 2.13 bits per heavy atom. The quantitative estimate of drug-likeness (QED) is 0.375. The molecule has 0 amide bonds. The molecule has 0 spiro atoms. The minimum absolute atomic E-state index is 0.124. The molecule has 0 unspecified atom stereocenters. The van der Waals surface area contributed by atoms with Gasteiger partial charge in [0.05, 0.1) is 27.9 Å². The summed E-state index contributed by atoms with van der Waals surface area (Å²) >= 11 is 0. The third-order valence-corrected chi connectivity index (χ3v) is 5.10. The maximum absolute atomic E-state index is 12.6. The van der Waals surface area contributed by atoms with Gasteiger partial charge in [-0.1, -0.05) is 0 Å². The number of ether oxygens (including phenoxy) is 5. The van der Waals surface area contributed by atoms with Gasteiger partial charge < -0.3 is 28.3 Å². The Balaban J connectivity index is 1.95. The molecule has 0 N–H and O–H groups in total. The number of carbonyl (C=O) groups is 2. The zero-order valence-electron chi connectivity index (χ0n) is 19.1. The van der Waals surface area contributed by atoms with Crippen LogP contribution in [0.2, 0.25) is 0 Å². The predicted molar refractivity (Wildman–Crippen MR) is 115 cm³/mol. The number of rotatable bonds is 12. The Bertz CT molecular complexity index is 892. The lowest BCUT2D eigenvalue weighted by atomic mass is 10.1. The van der Waals surface area contributed by atoms with Crippen LogP contribution in [0.15, 0.2) is 18.2 Å². The van der Waals surface area contributed by atoms with Crippen LogP contribution >= 0.6 is 0 Å². The van der Waals surface area contributed by atoms with Crippen molar-refractivity contribution in [2.24, 2.45) is 0 Å². The lowest BCUT2D eigenvalue weighted by Gasteiger charge is -2.14. The summed E-state index contributed by atoms with van der Waals surface area (Å²) in [4.78, 5) is 24.8. The molecule has 0 atom stereocenters. The van der Waals surface area contributed by atoms with Gasteiger partial charge in [0.25, 0.3) is 0 Å². The number of carbonyl (C=O) groups excluding carboxylic acids is 2. The maximum atomic E-state index is 12.6. The molecule has 0 bridgehead atoms. The summed E-state index contributed by atoms with van der Waals surface area (Å²) in [5.74, 6) is 0.853. The topological polar surface area (TPSA) is 85.2 Å². The van der Waals surface area contributed by atoms with Crippen LogP contribution < -0.4 is 14.2 Å². The van der Waals surface area contributed by atoms with E-state index in [1.165, 1.54) is 21.3 Å². The Hall–Kier alpha value is -3.00. The first-order valence-electron chi connectivity index (χ1n) is 9.99. The summed E-state index contributed by atoms with van der Waals surface area (Å²) in [7, 11) is 6.24. The number of hydrogen-bond acceptors (Lipinski definition) is 7. The van der Waals surface area contributed by atoms with Crippen molar-refractivity contribution in [3.05, 3.63) is 40.7 Å². The van der Waals surface area contributed by atoms with Gasteiger partial charge in [-0.15, -0.1) is 0 Å². The van der Waals surface area contributed by atoms with Gasteiger partial charge in [0, 0.05) is 37.0 Å². The van der Waals surface area contributed by atoms with Gasteiger partial charge in [-0.3, -0.25) is 9.59 Å². The zero-order valence-corrected chi connectivity index (χ0v) is 19.1. The van der Waals surface area contributed by atoms with Crippen LogP contribution in [0.25, 0.3) is 0 Å². The molecular weight excluding hydrogens is 402 g/mol. The van der Waals surface area contributed by atoms with Gasteiger partial charge in [0.2, 0.25) is 11.5 Å². The van der Waals surface area contributed by atoms with Crippen molar-refractivity contribution in [2.45, 2.75) is 33.2 Å². The fraction of sp³-hybridized carbons (Fsp3) is 0.478. The van der Waals surface area contributed by atoms with E-state index in [1.807, 2.05) is 24.5 Å². The first kappa shape index (κ1) is 24.3. The molecule has 0 aliphatic carbocycles. The normalized spacial score (nSPS) is 10.6. The second kappa shape index (κ2) is 11.4. The van der Waals surface area contributed by atoms with E-state index in [2.05, 4.69) is 0 Å². The van der Waals surface area contributed by atoms with Crippen molar-refractivity contribution >= 4 is 11.8 Å². The smallest absolute Gasteiger partial charge is 0.306 e. The van der Waals surface area contributed by atoms with E-state index >= 15 is 0 Å². The summed E-state index contributed by atoms with van der Waals surface area (Å²) in [6, 6.07) is 5.39. The second-order valence-electron chi connectivity index (χ2n) is 7.05.